The van der Waals surface area contributed by atoms with E-state index >= 15 is 0 Å². The van der Waals surface area contributed by atoms with Crippen molar-refractivity contribution in [2.75, 3.05) is 51.9 Å². The van der Waals surface area contributed by atoms with Gasteiger partial charge in [-0.3, -0.25) is 4.79 Å². The zero-order valence-electron chi connectivity index (χ0n) is 19.7. The number of aliphatic hydroxyl groups excluding tert-OH is 1. The Morgan fingerprint density at radius 3 is 1.94 bits per heavy atom. The summed E-state index contributed by atoms with van der Waals surface area (Å²) in [6, 6.07) is 0. The lowest BCUT2D eigenvalue weighted by Gasteiger charge is -2.20. The number of carbonyl (C=O) groups is 3. The molecule has 0 fully saturated rings. The quantitative estimate of drug-likeness (QED) is 0.159. The number of aliphatic carboxylic acids is 2. The first-order chi connectivity index (χ1) is 14.5. The van der Waals surface area contributed by atoms with Gasteiger partial charge in [0.05, 0.1) is 6.61 Å². The highest BCUT2D eigenvalue weighted by Gasteiger charge is 2.28. The molecular formula is C19H41N2O8PS. The lowest BCUT2D eigenvalue weighted by atomic mass is 10.1. The smallest absolute Gasteiger partial charge is 0.335 e. The fourth-order valence-electron chi connectivity index (χ4n) is 1.44. The molecule has 5 N–H and O–H groups in total. The maximum Gasteiger partial charge on any atom is 0.335 e. The molecule has 0 heterocycles. The van der Waals surface area contributed by atoms with Gasteiger partial charge in [0, 0.05) is 32.5 Å². The van der Waals surface area contributed by atoms with Crippen LogP contribution in [0.1, 0.15) is 41.5 Å². The number of carbonyl (C=O) groups excluding carboxylic acids is 1. The maximum absolute atomic E-state index is 11.6. The lowest BCUT2D eigenvalue weighted by Crippen LogP contribution is -2.39. The first-order valence-electron chi connectivity index (χ1n) is 10.0. The number of nitrogens with one attached hydrogen (secondary N) is 2. The Balaban J connectivity index is -0.00000184. The summed E-state index contributed by atoms with van der Waals surface area (Å²) in [5.74, 6) is -1.52. The van der Waals surface area contributed by atoms with E-state index in [1.54, 1.807) is 11.4 Å². The van der Waals surface area contributed by atoms with Crippen molar-refractivity contribution in [3.8, 4) is 0 Å². The number of carboxylic acids is 2. The molecule has 0 spiro atoms. The van der Waals surface area contributed by atoms with Crippen molar-refractivity contribution < 1.29 is 39.2 Å². The number of aliphatic hydroxyl groups is 1. The van der Waals surface area contributed by atoms with Crippen LogP contribution in [0.2, 0.25) is 0 Å². The third-order valence-electron chi connectivity index (χ3n) is 3.37. The van der Waals surface area contributed by atoms with Crippen LogP contribution < -0.4 is 10.6 Å². The highest BCUT2D eigenvalue weighted by molar-refractivity contribution is 8.49. The van der Waals surface area contributed by atoms with Crippen LogP contribution in [0.15, 0.2) is 0 Å². The van der Waals surface area contributed by atoms with Crippen molar-refractivity contribution in [2.24, 2.45) is 0 Å². The van der Waals surface area contributed by atoms with Crippen LogP contribution in [0.4, 0.5) is 0 Å². The minimum absolute atomic E-state index is 0.278. The Morgan fingerprint density at radius 1 is 0.903 bits per heavy atom. The van der Waals surface area contributed by atoms with Crippen LogP contribution in [0.25, 0.3) is 0 Å². The molecule has 0 aromatic rings. The van der Waals surface area contributed by atoms with Gasteiger partial charge in [-0.2, -0.15) is 0 Å². The summed E-state index contributed by atoms with van der Waals surface area (Å²) in [7, 11) is 1.64. The molecule has 1 amide bonds. The molecule has 0 saturated heterocycles. The maximum atomic E-state index is 11.6. The zero-order chi connectivity index (χ0) is 24.9. The molecule has 0 aromatic heterocycles. The van der Waals surface area contributed by atoms with E-state index in [1.165, 1.54) is 27.7 Å². The Bertz CT molecular complexity index is 494. The summed E-state index contributed by atoms with van der Waals surface area (Å²) >= 11 is 1.77. The van der Waals surface area contributed by atoms with E-state index in [4.69, 9.17) is 24.8 Å². The SMILES string of the molecule is CC.CC(C)(OCCNCCSPCCNC(=O)COC(C)(C)C(=O)O)C(=O)O.CO. The minimum atomic E-state index is -1.38. The van der Waals surface area contributed by atoms with E-state index in [9.17, 15) is 14.4 Å². The zero-order valence-corrected chi connectivity index (χ0v) is 21.6. The first kappa shape index (κ1) is 34.6. The molecule has 0 aromatic carbocycles. The highest BCUT2D eigenvalue weighted by atomic mass is 32.7. The monoisotopic (exact) mass is 488 g/mol. The van der Waals surface area contributed by atoms with Gasteiger partial charge in [0.2, 0.25) is 5.91 Å². The Labute approximate surface area is 191 Å². The summed E-state index contributed by atoms with van der Waals surface area (Å²) in [5, 5.41) is 30.7. The van der Waals surface area contributed by atoms with Gasteiger partial charge in [-0.05, 0) is 33.9 Å². The lowest BCUT2D eigenvalue weighted by molar-refractivity contribution is -0.163. The van der Waals surface area contributed by atoms with Crippen molar-refractivity contribution in [1.29, 1.82) is 0 Å². The van der Waals surface area contributed by atoms with E-state index < -0.39 is 23.1 Å². The summed E-state index contributed by atoms with van der Waals surface area (Å²) in [4.78, 5) is 33.3. The molecule has 10 nitrogen and oxygen atoms in total. The fraction of sp³-hybridized carbons (Fsp3) is 0.842. The second-order valence-corrected chi connectivity index (χ2v) is 9.83. The predicted molar refractivity (Wildman–Crippen MR) is 126 cm³/mol. The topological polar surface area (TPSA) is 154 Å². The number of amides is 1. The molecule has 31 heavy (non-hydrogen) atoms. The molecule has 0 bridgehead atoms. The Morgan fingerprint density at radius 2 is 1.42 bits per heavy atom. The van der Waals surface area contributed by atoms with E-state index in [-0.39, 0.29) is 12.5 Å². The minimum Gasteiger partial charge on any atom is -0.479 e. The molecule has 0 aliphatic carbocycles. The molecule has 0 rings (SSSR count). The number of carboxylic acid groups (broad SMARTS) is 2. The summed E-state index contributed by atoms with van der Waals surface area (Å²) < 4.78 is 10.3. The third kappa shape index (κ3) is 20.7. The summed E-state index contributed by atoms with van der Waals surface area (Å²) in [5.41, 5.74) is -2.55. The Kier molecular flexibility index (Phi) is 23.4. The molecule has 12 heteroatoms. The van der Waals surface area contributed by atoms with Gasteiger partial charge in [-0.1, -0.05) is 21.6 Å². The van der Waals surface area contributed by atoms with Crippen molar-refractivity contribution >= 4 is 37.0 Å². The second kappa shape index (κ2) is 20.9. The van der Waals surface area contributed by atoms with Gasteiger partial charge in [0.1, 0.15) is 6.61 Å². The first-order valence-corrected chi connectivity index (χ1v) is 12.9. The van der Waals surface area contributed by atoms with Gasteiger partial charge in [-0.15, -0.1) is 11.4 Å². The Hall–Kier alpha value is -0.970. The van der Waals surface area contributed by atoms with Crippen LogP contribution in [-0.2, 0) is 23.9 Å². The van der Waals surface area contributed by atoms with Crippen LogP contribution in [0.5, 0.6) is 0 Å². The van der Waals surface area contributed by atoms with Gasteiger partial charge >= 0.3 is 11.9 Å². The number of hydrogen-bond acceptors (Lipinski definition) is 8. The van der Waals surface area contributed by atoms with E-state index in [1.807, 2.05) is 13.8 Å². The standard InChI is InChI=1S/C16H31N2O7PS.C2H6.CH4O/c1-15(2,13(20)21)24-8-5-17-7-10-27-26-9-6-18-12(19)11-25-16(3,4)14(22)23;2*1-2/h17,26H,5-11H2,1-4H3,(H,18,19)(H,20,21)(H,22,23);1-2H3;2H,1H3. The average molecular weight is 489 g/mol. The van der Waals surface area contributed by atoms with E-state index in [2.05, 4.69) is 10.6 Å². The van der Waals surface area contributed by atoms with Crippen LogP contribution in [-0.4, -0.2) is 96.2 Å². The van der Waals surface area contributed by atoms with Crippen LogP contribution in [0, 0.1) is 0 Å². The fourth-order valence-corrected chi connectivity index (χ4v) is 3.68. The van der Waals surface area contributed by atoms with Gasteiger partial charge in [0.25, 0.3) is 0 Å². The predicted octanol–water partition coefficient (Wildman–Crippen LogP) is 1.41. The van der Waals surface area contributed by atoms with E-state index in [0.29, 0.717) is 27.5 Å². The average Bonchev–Trinajstić information content (AvgIpc) is 2.73. The van der Waals surface area contributed by atoms with Crippen LogP contribution >= 0.6 is 19.2 Å². The van der Waals surface area contributed by atoms with Gasteiger partial charge in [0.15, 0.2) is 11.2 Å². The number of rotatable bonds is 16. The third-order valence-corrected chi connectivity index (χ3v) is 6.27. The summed E-state index contributed by atoms with van der Waals surface area (Å²) in [6.45, 7) is 11.8. The number of ether oxygens (including phenoxy) is 2. The molecule has 0 saturated carbocycles. The molecule has 1 atom stereocenters. The second-order valence-electron chi connectivity index (χ2n) is 6.61. The van der Waals surface area contributed by atoms with Crippen molar-refractivity contribution in [2.45, 2.75) is 52.7 Å². The molecule has 0 aliphatic heterocycles. The van der Waals surface area contributed by atoms with Crippen molar-refractivity contribution in [3.05, 3.63) is 0 Å². The van der Waals surface area contributed by atoms with Crippen LogP contribution in [0.3, 0.4) is 0 Å². The molecule has 186 valence electrons. The highest BCUT2D eigenvalue weighted by Crippen LogP contribution is 2.27. The van der Waals surface area contributed by atoms with Gasteiger partial charge in [-0.25, -0.2) is 9.59 Å². The largest absolute Gasteiger partial charge is 0.479 e. The molecule has 0 aliphatic rings. The van der Waals surface area contributed by atoms with Crippen molar-refractivity contribution in [3.63, 3.8) is 0 Å². The molecule has 0 radical (unpaired) electrons. The van der Waals surface area contributed by atoms with Crippen molar-refractivity contribution in [1.82, 2.24) is 10.6 Å². The molecular weight excluding hydrogens is 447 g/mol. The van der Waals surface area contributed by atoms with Gasteiger partial charge < -0.3 is 35.4 Å². The number of hydrogen-bond donors (Lipinski definition) is 5. The molecule has 1 unspecified atom stereocenters. The van der Waals surface area contributed by atoms with E-state index in [0.717, 1.165) is 25.6 Å². The normalized spacial score (nSPS) is 11.2. The summed E-state index contributed by atoms with van der Waals surface area (Å²) in [6.07, 6.45) is 0.828.